The highest BCUT2D eigenvalue weighted by atomic mass is 127. The summed E-state index contributed by atoms with van der Waals surface area (Å²) in [7, 11) is 3.06. The summed E-state index contributed by atoms with van der Waals surface area (Å²) in [5.74, 6) is 0.824. The highest BCUT2D eigenvalue weighted by Crippen LogP contribution is 2.38. The second-order valence-corrected chi connectivity index (χ2v) is 5.31. The SMILES string of the molecule is CN=C(NCC(=O)NCCOC)NCc1cc2c(cc1OC(F)F)OCO2.I. The molecule has 3 N–H and O–H groups in total. The number of carbonyl (C=O) groups excluding carboxylic acids is 1. The molecule has 28 heavy (non-hydrogen) atoms. The Labute approximate surface area is 178 Å². The van der Waals surface area contributed by atoms with Crippen molar-refractivity contribution >= 4 is 35.8 Å². The van der Waals surface area contributed by atoms with E-state index in [0.29, 0.717) is 36.2 Å². The maximum Gasteiger partial charge on any atom is 0.387 e. The van der Waals surface area contributed by atoms with Crippen LogP contribution in [0.1, 0.15) is 5.56 Å². The van der Waals surface area contributed by atoms with Gasteiger partial charge in [0.05, 0.1) is 13.2 Å². The zero-order valence-corrected chi connectivity index (χ0v) is 17.8. The van der Waals surface area contributed by atoms with Crippen LogP contribution in [0.15, 0.2) is 17.1 Å². The molecule has 0 unspecified atom stereocenters. The molecular weight excluding hydrogens is 493 g/mol. The number of hydrogen-bond acceptors (Lipinski definition) is 6. The molecule has 1 amide bonds. The number of nitrogens with zero attached hydrogens (tertiary/aromatic N) is 1. The largest absolute Gasteiger partial charge is 0.454 e. The molecule has 158 valence electrons. The van der Waals surface area contributed by atoms with Gasteiger partial charge >= 0.3 is 6.61 Å². The molecule has 0 radical (unpaired) electrons. The molecule has 0 fully saturated rings. The fraction of sp³-hybridized carbons (Fsp3) is 0.500. The smallest absolute Gasteiger partial charge is 0.387 e. The van der Waals surface area contributed by atoms with Crippen LogP contribution in [0.2, 0.25) is 0 Å². The van der Waals surface area contributed by atoms with Gasteiger partial charge in [0.2, 0.25) is 12.7 Å². The van der Waals surface area contributed by atoms with Crippen molar-refractivity contribution in [2.24, 2.45) is 4.99 Å². The lowest BCUT2D eigenvalue weighted by Crippen LogP contribution is -2.43. The van der Waals surface area contributed by atoms with E-state index in [4.69, 9.17) is 14.2 Å². The number of alkyl halides is 2. The van der Waals surface area contributed by atoms with Gasteiger partial charge < -0.3 is 34.9 Å². The van der Waals surface area contributed by atoms with E-state index >= 15 is 0 Å². The van der Waals surface area contributed by atoms with Crippen molar-refractivity contribution in [2.75, 3.05) is 40.6 Å². The van der Waals surface area contributed by atoms with Gasteiger partial charge in [-0.15, -0.1) is 24.0 Å². The van der Waals surface area contributed by atoms with Gasteiger partial charge in [0.15, 0.2) is 17.5 Å². The molecule has 1 aliphatic heterocycles. The van der Waals surface area contributed by atoms with Crippen molar-refractivity contribution in [1.82, 2.24) is 16.0 Å². The summed E-state index contributed by atoms with van der Waals surface area (Å²) in [6.07, 6.45) is 0. The summed E-state index contributed by atoms with van der Waals surface area (Å²) in [6.45, 7) is -2.04. The van der Waals surface area contributed by atoms with Crippen molar-refractivity contribution < 1.29 is 32.5 Å². The molecule has 0 saturated carbocycles. The fourth-order valence-electron chi connectivity index (χ4n) is 2.23. The van der Waals surface area contributed by atoms with Crippen molar-refractivity contribution in [3.05, 3.63) is 17.7 Å². The van der Waals surface area contributed by atoms with Gasteiger partial charge in [-0.1, -0.05) is 0 Å². The number of benzene rings is 1. The normalized spacial score (nSPS) is 12.4. The van der Waals surface area contributed by atoms with Crippen molar-refractivity contribution in [1.29, 1.82) is 0 Å². The lowest BCUT2D eigenvalue weighted by atomic mass is 10.1. The number of nitrogens with one attached hydrogen (secondary N) is 3. The molecule has 1 heterocycles. The van der Waals surface area contributed by atoms with Gasteiger partial charge in [0, 0.05) is 38.9 Å². The third-order valence-corrected chi connectivity index (χ3v) is 3.49. The summed E-state index contributed by atoms with van der Waals surface area (Å²) >= 11 is 0. The van der Waals surface area contributed by atoms with Crippen molar-refractivity contribution in [3.8, 4) is 17.2 Å². The average Bonchev–Trinajstić information content (AvgIpc) is 3.08. The van der Waals surface area contributed by atoms with Crippen LogP contribution in [-0.2, 0) is 16.1 Å². The molecule has 12 heteroatoms. The lowest BCUT2D eigenvalue weighted by molar-refractivity contribution is -0.120. The molecule has 0 aromatic heterocycles. The third-order valence-electron chi connectivity index (χ3n) is 3.49. The van der Waals surface area contributed by atoms with Crippen LogP contribution in [0.4, 0.5) is 8.78 Å². The maximum atomic E-state index is 12.7. The monoisotopic (exact) mass is 516 g/mol. The van der Waals surface area contributed by atoms with Crippen molar-refractivity contribution in [3.63, 3.8) is 0 Å². The molecular formula is C16H23F2IN4O5. The number of hydrogen-bond donors (Lipinski definition) is 3. The van der Waals surface area contributed by atoms with Crippen LogP contribution < -0.4 is 30.2 Å². The Morgan fingerprint density at radius 1 is 1.25 bits per heavy atom. The van der Waals surface area contributed by atoms with E-state index in [1.54, 1.807) is 6.07 Å². The predicted molar refractivity (Wildman–Crippen MR) is 108 cm³/mol. The van der Waals surface area contributed by atoms with Gasteiger partial charge in [-0.3, -0.25) is 9.79 Å². The molecule has 0 saturated heterocycles. The minimum Gasteiger partial charge on any atom is -0.454 e. The molecule has 1 aliphatic rings. The Kier molecular flexibility index (Phi) is 10.6. The fourth-order valence-corrected chi connectivity index (χ4v) is 2.23. The Hall–Kier alpha value is -2.09. The zero-order chi connectivity index (χ0) is 19.6. The first kappa shape index (κ1) is 23.9. The molecule has 0 aliphatic carbocycles. The molecule has 2 rings (SSSR count). The molecule has 0 spiro atoms. The standard InChI is InChI=1S/C16H22F2N4O5.HI/c1-19-16(22-8-14(23)20-3-4-24-2)21-7-10-5-12-13(26-9-25-12)6-11(10)27-15(17)18;/h5-6,15H,3-4,7-9H2,1-2H3,(H,20,23)(H2,19,21,22);1H. The second-order valence-electron chi connectivity index (χ2n) is 5.31. The average molecular weight is 516 g/mol. The Morgan fingerprint density at radius 2 is 1.96 bits per heavy atom. The van der Waals surface area contributed by atoms with Gasteiger partial charge in [-0.05, 0) is 6.07 Å². The van der Waals surface area contributed by atoms with E-state index in [-0.39, 0.29) is 55.5 Å². The topological polar surface area (TPSA) is 102 Å². The number of fused-ring (bicyclic) bond motifs is 1. The molecule has 0 bridgehead atoms. The lowest BCUT2D eigenvalue weighted by Gasteiger charge is -2.15. The third kappa shape index (κ3) is 7.50. The predicted octanol–water partition coefficient (Wildman–Crippen LogP) is 1.06. The highest BCUT2D eigenvalue weighted by Gasteiger charge is 2.20. The highest BCUT2D eigenvalue weighted by molar-refractivity contribution is 14.0. The maximum absolute atomic E-state index is 12.7. The summed E-state index contributed by atoms with van der Waals surface area (Å²) < 4.78 is 45.1. The van der Waals surface area contributed by atoms with Crippen LogP contribution in [0.5, 0.6) is 17.2 Å². The summed E-state index contributed by atoms with van der Waals surface area (Å²) in [6, 6.07) is 2.91. The Bertz CT molecular complexity index is 679. The number of amides is 1. The summed E-state index contributed by atoms with van der Waals surface area (Å²) in [5, 5.41) is 8.40. The second kappa shape index (κ2) is 12.4. The van der Waals surface area contributed by atoms with Gasteiger partial charge in [-0.2, -0.15) is 8.78 Å². The molecule has 0 atom stereocenters. The molecule has 1 aromatic carbocycles. The van der Waals surface area contributed by atoms with Crippen LogP contribution in [0, 0.1) is 0 Å². The number of carbonyl (C=O) groups is 1. The minimum atomic E-state index is -2.97. The van der Waals surface area contributed by atoms with E-state index in [2.05, 4.69) is 25.7 Å². The number of ether oxygens (including phenoxy) is 4. The summed E-state index contributed by atoms with van der Waals surface area (Å²) in [5.41, 5.74) is 0.423. The van der Waals surface area contributed by atoms with Crippen LogP contribution >= 0.6 is 24.0 Å². The van der Waals surface area contributed by atoms with Crippen LogP contribution in [0.3, 0.4) is 0 Å². The van der Waals surface area contributed by atoms with E-state index in [0.717, 1.165) is 0 Å². The van der Waals surface area contributed by atoms with Crippen molar-refractivity contribution in [2.45, 2.75) is 13.2 Å². The number of halogens is 3. The number of aliphatic imine (C=N–C) groups is 1. The van der Waals surface area contributed by atoms with Crippen LogP contribution in [0.25, 0.3) is 0 Å². The molecule has 1 aromatic rings. The van der Waals surface area contributed by atoms with Crippen LogP contribution in [-0.4, -0.2) is 59.1 Å². The minimum absolute atomic E-state index is 0. The number of rotatable bonds is 9. The van der Waals surface area contributed by atoms with E-state index in [1.165, 1.54) is 20.2 Å². The zero-order valence-electron chi connectivity index (χ0n) is 15.4. The van der Waals surface area contributed by atoms with E-state index < -0.39 is 6.61 Å². The first-order valence-electron chi connectivity index (χ1n) is 8.11. The quantitative estimate of drug-likeness (QED) is 0.195. The Morgan fingerprint density at radius 3 is 2.61 bits per heavy atom. The van der Waals surface area contributed by atoms with E-state index in [9.17, 15) is 13.6 Å². The van der Waals surface area contributed by atoms with Gasteiger partial charge in [0.1, 0.15) is 5.75 Å². The van der Waals surface area contributed by atoms with Gasteiger partial charge in [0.25, 0.3) is 0 Å². The Balaban J connectivity index is 0.00000392. The summed E-state index contributed by atoms with van der Waals surface area (Å²) in [4.78, 5) is 15.6. The molecule has 9 nitrogen and oxygen atoms in total. The van der Waals surface area contributed by atoms with Gasteiger partial charge in [-0.25, -0.2) is 0 Å². The van der Waals surface area contributed by atoms with E-state index in [1.807, 2.05) is 0 Å². The first-order valence-corrected chi connectivity index (χ1v) is 8.11. The number of guanidine groups is 1. The first-order chi connectivity index (χ1) is 13.0. The number of methoxy groups -OCH3 is 1.